The van der Waals surface area contributed by atoms with Crippen molar-refractivity contribution in [2.24, 2.45) is 5.92 Å². The van der Waals surface area contributed by atoms with Crippen molar-refractivity contribution in [3.05, 3.63) is 47.5 Å². The molecule has 0 aliphatic heterocycles. The largest absolute Gasteiger partial charge is 0.302 e. The Morgan fingerprint density at radius 3 is 2.88 bits per heavy atom. The molecule has 1 fully saturated rings. The predicted molar refractivity (Wildman–Crippen MR) is 99.4 cm³/mol. The fourth-order valence-electron chi connectivity index (χ4n) is 2.80. The van der Waals surface area contributed by atoms with Crippen molar-refractivity contribution in [1.29, 1.82) is 0 Å². The molecule has 2 atom stereocenters. The van der Waals surface area contributed by atoms with Gasteiger partial charge in [0.2, 0.25) is 5.91 Å². The summed E-state index contributed by atoms with van der Waals surface area (Å²) in [6.07, 6.45) is 4.81. The van der Waals surface area contributed by atoms with Gasteiger partial charge in [0.1, 0.15) is 6.17 Å². The van der Waals surface area contributed by atoms with E-state index in [1.165, 1.54) is 11.3 Å². The van der Waals surface area contributed by atoms with Crippen LogP contribution in [0.1, 0.15) is 17.5 Å². The number of nitrogens with one attached hydrogen (secondary N) is 1. The molecular formula is C20H15FN2OS. The molecule has 1 saturated carbocycles. The number of benzene rings is 2. The number of alkyl halides is 1. The van der Waals surface area contributed by atoms with E-state index in [1.54, 1.807) is 0 Å². The van der Waals surface area contributed by atoms with E-state index in [2.05, 4.69) is 16.2 Å². The smallest absolute Gasteiger partial charge is 0.232 e. The first-order valence-electron chi connectivity index (χ1n) is 7.98. The highest BCUT2D eigenvalue weighted by atomic mass is 32.1. The van der Waals surface area contributed by atoms with Gasteiger partial charge >= 0.3 is 0 Å². The first kappa shape index (κ1) is 15.8. The van der Waals surface area contributed by atoms with E-state index in [9.17, 15) is 9.18 Å². The Kier molecular flexibility index (Phi) is 3.78. The Bertz CT molecular complexity index is 1030. The second-order valence-corrected chi connectivity index (χ2v) is 7.25. The van der Waals surface area contributed by atoms with E-state index in [4.69, 9.17) is 6.42 Å². The summed E-state index contributed by atoms with van der Waals surface area (Å²) in [5.74, 6) is 1.85. The van der Waals surface area contributed by atoms with E-state index in [-0.39, 0.29) is 5.91 Å². The van der Waals surface area contributed by atoms with Gasteiger partial charge in [0.15, 0.2) is 5.13 Å². The van der Waals surface area contributed by atoms with Crippen LogP contribution in [-0.4, -0.2) is 17.1 Å². The second-order valence-electron chi connectivity index (χ2n) is 6.22. The van der Waals surface area contributed by atoms with Gasteiger partial charge in [0.25, 0.3) is 0 Å². The lowest BCUT2D eigenvalue weighted by atomic mass is 9.98. The van der Waals surface area contributed by atoms with Crippen molar-refractivity contribution in [2.45, 2.75) is 19.5 Å². The van der Waals surface area contributed by atoms with Crippen LogP contribution in [-0.2, 0) is 4.79 Å². The number of carbonyl (C=O) groups excluding carboxylic acids is 1. The fraction of sp³-hybridized carbons (Fsp3) is 0.200. The van der Waals surface area contributed by atoms with Crippen LogP contribution in [0, 0.1) is 25.2 Å². The molecule has 0 spiro atoms. The number of terminal acetylenes is 1. The maximum absolute atomic E-state index is 13.0. The van der Waals surface area contributed by atoms with Crippen molar-refractivity contribution in [3.63, 3.8) is 0 Å². The number of halogens is 1. The van der Waals surface area contributed by atoms with Crippen molar-refractivity contribution in [2.75, 3.05) is 5.32 Å². The molecule has 25 heavy (non-hydrogen) atoms. The third-order valence-corrected chi connectivity index (χ3v) is 5.32. The lowest BCUT2D eigenvalue weighted by molar-refractivity contribution is -0.117. The third-order valence-electron chi connectivity index (χ3n) is 4.38. The van der Waals surface area contributed by atoms with Gasteiger partial charge in [-0.25, -0.2) is 9.37 Å². The number of carbonyl (C=O) groups is 1. The van der Waals surface area contributed by atoms with Gasteiger partial charge < -0.3 is 5.32 Å². The van der Waals surface area contributed by atoms with E-state index < -0.39 is 12.1 Å². The molecule has 0 bridgehead atoms. The minimum atomic E-state index is -1.01. The second kappa shape index (κ2) is 5.98. The van der Waals surface area contributed by atoms with Crippen LogP contribution in [0.3, 0.4) is 0 Å². The van der Waals surface area contributed by atoms with Gasteiger partial charge in [-0.1, -0.05) is 29.4 Å². The lowest BCUT2D eigenvalue weighted by Gasteiger charge is -2.07. The highest BCUT2D eigenvalue weighted by Gasteiger charge is 2.43. The zero-order chi connectivity index (χ0) is 17.6. The van der Waals surface area contributed by atoms with Crippen molar-refractivity contribution >= 4 is 32.6 Å². The molecule has 5 heteroatoms. The summed E-state index contributed by atoms with van der Waals surface area (Å²) in [5, 5.41) is 3.22. The highest BCUT2D eigenvalue weighted by Crippen LogP contribution is 2.36. The molecule has 3 aromatic rings. The molecule has 1 N–H and O–H groups in total. The zero-order valence-electron chi connectivity index (χ0n) is 13.5. The van der Waals surface area contributed by atoms with Gasteiger partial charge in [-0.2, -0.15) is 0 Å². The van der Waals surface area contributed by atoms with Crippen LogP contribution in [0.15, 0.2) is 36.4 Å². The molecule has 2 unspecified atom stereocenters. The molecule has 1 heterocycles. The van der Waals surface area contributed by atoms with Crippen LogP contribution < -0.4 is 5.32 Å². The molecule has 4 rings (SSSR count). The number of nitrogens with zero attached hydrogens (tertiary/aromatic N) is 1. The molecular weight excluding hydrogens is 335 g/mol. The summed E-state index contributed by atoms with van der Waals surface area (Å²) in [4.78, 5) is 16.3. The maximum atomic E-state index is 13.0. The van der Waals surface area contributed by atoms with Crippen molar-refractivity contribution < 1.29 is 9.18 Å². The summed E-state index contributed by atoms with van der Waals surface area (Å²) in [6, 6.07) is 11.9. The number of aromatic nitrogens is 1. The zero-order valence-corrected chi connectivity index (χ0v) is 14.4. The average molecular weight is 350 g/mol. The van der Waals surface area contributed by atoms with Crippen molar-refractivity contribution in [3.8, 4) is 23.5 Å². The van der Waals surface area contributed by atoms with E-state index in [0.29, 0.717) is 11.6 Å². The number of hydrogen-bond acceptors (Lipinski definition) is 3. The Morgan fingerprint density at radius 1 is 1.36 bits per heavy atom. The number of aryl methyl sites for hydroxylation is 1. The van der Waals surface area contributed by atoms with Crippen LogP contribution in [0.2, 0.25) is 0 Å². The quantitative estimate of drug-likeness (QED) is 0.704. The number of thiazole rings is 1. The van der Waals surface area contributed by atoms with Crippen LogP contribution in [0.5, 0.6) is 0 Å². The van der Waals surface area contributed by atoms with Gasteiger partial charge in [-0.15, -0.1) is 6.42 Å². The normalized spacial score (nSPS) is 18.8. The number of fused-ring (bicyclic) bond motifs is 1. The summed E-state index contributed by atoms with van der Waals surface area (Å²) >= 11 is 1.39. The minimum Gasteiger partial charge on any atom is -0.302 e. The van der Waals surface area contributed by atoms with Crippen LogP contribution >= 0.6 is 11.3 Å². The number of anilines is 1. The standard InChI is InChI=1S/C20H15FN2OS/c1-3-12-5-4-11(2)14(8-12)13-6-7-17-18(9-13)25-20(22-17)23-19(24)15-10-16(15)21/h1,4-9,15-16H,10H2,2H3,(H,22,23,24). The van der Waals surface area contributed by atoms with Crippen LogP contribution in [0.4, 0.5) is 9.52 Å². The lowest BCUT2D eigenvalue weighted by Crippen LogP contribution is -2.14. The topological polar surface area (TPSA) is 42.0 Å². The summed E-state index contributed by atoms with van der Waals surface area (Å²) in [6.45, 7) is 2.04. The van der Waals surface area contributed by atoms with Gasteiger partial charge in [-0.3, -0.25) is 4.79 Å². The number of rotatable bonds is 3. The summed E-state index contributed by atoms with van der Waals surface area (Å²) < 4.78 is 13.9. The molecule has 1 aliphatic carbocycles. The molecule has 0 saturated heterocycles. The number of hydrogen-bond donors (Lipinski definition) is 1. The van der Waals surface area contributed by atoms with Gasteiger partial charge in [0.05, 0.1) is 16.1 Å². The van der Waals surface area contributed by atoms with E-state index in [0.717, 1.165) is 32.5 Å². The third kappa shape index (κ3) is 3.01. The van der Waals surface area contributed by atoms with E-state index >= 15 is 0 Å². The van der Waals surface area contributed by atoms with Crippen molar-refractivity contribution in [1.82, 2.24) is 4.98 Å². The molecule has 2 aromatic carbocycles. The Hall–Kier alpha value is -2.71. The SMILES string of the molecule is C#Cc1ccc(C)c(-c2ccc3nc(NC(=O)C4CC4F)sc3c2)c1. The minimum absolute atomic E-state index is 0.288. The molecule has 1 amide bonds. The molecule has 0 radical (unpaired) electrons. The van der Waals surface area contributed by atoms with Gasteiger partial charge in [-0.05, 0) is 54.3 Å². The number of amides is 1. The monoisotopic (exact) mass is 350 g/mol. The van der Waals surface area contributed by atoms with Gasteiger partial charge in [0, 0.05) is 5.56 Å². The average Bonchev–Trinajstić information content (AvgIpc) is 3.20. The van der Waals surface area contributed by atoms with Crippen LogP contribution in [0.25, 0.3) is 21.3 Å². The van der Waals surface area contributed by atoms with E-state index in [1.807, 2.05) is 43.3 Å². The Balaban J connectivity index is 1.67. The molecule has 1 aliphatic rings. The summed E-state index contributed by atoms with van der Waals surface area (Å²) in [7, 11) is 0. The summed E-state index contributed by atoms with van der Waals surface area (Å²) in [5.41, 5.74) is 4.91. The molecule has 1 aromatic heterocycles. The fourth-order valence-corrected chi connectivity index (χ4v) is 3.71. The molecule has 3 nitrogen and oxygen atoms in total. The first-order chi connectivity index (χ1) is 12.0. The Morgan fingerprint density at radius 2 is 2.16 bits per heavy atom. The first-order valence-corrected chi connectivity index (χ1v) is 8.80. The Labute approximate surface area is 148 Å². The maximum Gasteiger partial charge on any atom is 0.232 e. The highest BCUT2D eigenvalue weighted by molar-refractivity contribution is 7.22. The predicted octanol–water partition coefficient (Wildman–Crippen LogP) is 4.55. The molecule has 124 valence electrons.